The van der Waals surface area contributed by atoms with Crippen molar-refractivity contribution < 1.29 is 15.0 Å². The molecule has 1 amide bonds. The fraction of sp³-hybridized carbons (Fsp3) is 0.562. The van der Waals surface area contributed by atoms with Gasteiger partial charge in [-0.25, -0.2) is 0 Å². The van der Waals surface area contributed by atoms with E-state index in [1.807, 2.05) is 24.3 Å². The van der Waals surface area contributed by atoms with E-state index in [2.05, 4.69) is 12.2 Å². The van der Waals surface area contributed by atoms with Gasteiger partial charge in [0.15, 0.2) is 0 Å². The molecule has 0 saturated heterocycles. The van der Waals surface area contributed by atoms with Gasteiger partial charge in [-0.1, -0.05) is 6.92 Å². The van der Waals surface area contributed by atoms with Gasteiger partial charge in [-0.2, -0.15) is 0 Å². The number of hydrogen-bond donors (Lipinski definition) is 3. The van der Waals surface area contributed by atoms with Gasteiger partial charge in [0.05, 0.1) is 12.7 Å². The van der Waals surface area contributed by atoms with Crippen LogP contribution in [0.15, 0.2) is 29.2 Å². The van der Waals surface area contributed by atoms with Gasteiger partial charge < -0.3 is 15.5 Å². The van der Waals surface area contributed by atoms with Crippen LogP contribution in [0, 0.1) is 5.92 Å². The largest absolute Gasteiger partial charge is 0.396 e. The number of aliphatic hydroxyl groups excluding tert-OH is 2. The lowest BCUT2D eigenvalue weighted by Gasteiger charge is -2.37. The van der Waals surface area contributed by atoms with E-state index in [4.69, 9.17) is 5.11 Å². The molecule has 1 aliphatic carbocycles. The Bertz CT molecular complexity index is 457. The SMILES string of the molecule is CC[C@H](NC(=O)c1ccc(SCCO)cc1)C1CC(O)C1. The normalized spacial score (nSPS) is 22.4. The molecule has 0 unspecified atom stereocenters. The zero-order chi connectivity index (χ0) is 15.2. The van der Waals surface area contributed by atoms with E-state index in [9.17, 15) is 9.90 Å². The summed E-state index contributed by atoms with van der Waals surface area (Å²) in [5.41, 5.74) is 0.654. The first kappa shape index (κ1) is 16.3. The molecule has 1 saturated carbocycles. The van der Waals surface area contributed by atoms with Crippen LogP contribution in [-0.4, -0.2) is 40.6 Å². The number of nitrogens with one attached hydrogen (secondary N) is 1. The Hall–Kier alpha value is -1.04. The molecule has 116 valence electrons. The van der Waals surface area contributed by atoms with E-state index < -0.39 is 0 Å². The first-order chi connectivity index (χ1) is 10.1. The highest BCUT2D eigenvalue weighted by atomic mass is 32.2. The van der Waals surface area contributed by atoms with E-state index in [-0.39, 0.29) is 24.7 Å². The van der Waals surface area contributed by atoms with Crippen LogP contribution >= 0.6 is 11.8 Å². The van der Waals surface area contributed by atoms with Gasteiger partial charge in [0.25, 0.3) is 5.91 Å². The third kappa shape index (κ3) is 4.46. The van der Waals surface area contributed by atoms with Crippen LogP contribution in [0.4, 0.5) is 0 Å². The van der Waals surface area contributed by atoms with Crippen LogP contribution in [0.2, 0.25) is 0 Å². The van der Waals surface area contributed by atoms with Crippen molar-refractivity contribution >= 4 is 17.7 Å². The number of thioether (sulfide) groups is 1. The van der Waals surface area contributed by atoms with E-state index in [0.29, 0.717) is 17.2 Å². The lowest BCUT2D eigenvalue weighted by atomic mass is 9.76. The maximum absolute atomic E-state index is 12.2. The predicted octanol–water partition coefficient (Wildman–Crippen LogP) is 2.05. The van der Waals surface area contributed by atoms with Gasteiger partial charge >= 0.3 is 0 Å². The highest BCUT2D eigenvalue weighted by Crippen LogP contribution is 2.31. The summed E-state index contributed by atoms with van der Waals surface area (Å²) in [4.78, 5) is 13.3. The maximum Gasteiger partial charge on any atom is 0.251 e. The van der Waals surface area contributed by atoms with Crippen LogP contribution in [0.5, 0.6) is 0 Å². The summed E-state index contributed by atoms with van der Waals surface area (Å²) in [6.07, 6.45) is 2.27. The van der Waals surface area contributed by atoms with Gasteiger partial charge in [-0.15, -0.1) is 11.8 Å². The summed E-state index contributed by atoms with van der Waals surface area (Å²) < 4.78 is 0. The Kier molecular flexibility index (Phi) is 6.08. The van der Waals surface area contributed by atoms with Crippen molar-refractivity contribution in [2.75, 3.05) is 12.4 Å². The number of benzene rings is 1. The standard InChI is InChI=1S/C16H23NO3S/c1-2-15(12-9-13(19)10-12)17-16(20)11-3-5-14(6-4-11)21-8-7-18/h3-6,12-13,15,18-19H,2,7-10H2,1H3,(H,17,20)/t12?,13?,15-/m0/s1. The lowest BCUT2D eigenvalue weighted by Crippen LogP contribution is -2.46. The van der Waals surface area contributed by atoms with Crippen LogP contribution in [0.3, 0.4) is 0 Å². The van der Waals surface area contributed by atoms with Crippen molar-refractivity contribution in [3.8, 4) is 0 Å². The average Bonchev–Trinajstić information content (AvgIpc) is 2.48. The lowest BCUT2D eigenvalue weighted by molar-refractivity contribution is 0.0232. The molecule has 0 aliphatic heterocycles. The molecule has 0 heterocycles. The summed E-state index contributed by atoms with van der Waals surface area (Å²) in [6.45, 7) is 2.21. The fourth-order valence-corrected chi connectivity index (χ4v) is 3.28. The van der Waals surface area contributed by atoms with Crippen molar-refractivity contribution in [3.05, 3.63) is 29.8 Å². The topological polar surface area (TPSA) is 69.6 Å². The minimum Gasteiger partial charge on any atom is -0.396 e. The summed E-state index contributed by atoms with van der Waals surface area (Å²) >= 11 is 1.57. The molecule has 3 N–H and O–H groups in total. The summed E-state index contributed by atoms with van der Waals surface area (Å²) in [5, 5.41) is 21.2. The molecule has 1 atom stereocenters. The van der Waals surface area contributed by atoms with Crippen molar-refractivity contribution in [2.45, 2.75) is 43.2 Å². The monoisotopic (exact) mass is 309 g/mol. The molecule has 1 fully saturated rings. The van der Waals surface area contributed by atoms with Gasteiger partial charge in [0, 0.05) is 22.3 Å². The molecule has 0 bridgehead atoms. The Balaban J connectivity index is 1.89. The first-order valence-corrected chi connectivity index (χ1v) is 8.45. The highest BCUT2D eigenvalue weighted by Gasteiger charge is 2.33. The third-order valence-electron chi connectivity index (χ3n) is 3.95. The van der Waals surface area contributed by atoms with Crippen LogP contribution in [-0.2, 0) is 0 Å². The summed E-state index contributed by atoms with van der Waals surface area (Å²) in [7, 11) is 0. The first-order valence-electron chi connectivity index (χ1n) is 7.46. The average molecular weight is 309 g/mol. The van der Waals surface area contributed by atoms with Crippen molar-refractivity contribution in [2.24, 2.45) is 5.92 Å². The number of carbonyl (C=O) groups is 1. The van der Waals surface area contributed by atoms with Crippen LogP contribution < -0.4 is 5.32 Å². The third-order valence-corrected chi connectivity index (χ3v) is 4.94. The van der Waals surface area contributed by atoms with Crippen LogP contribution in [0.25, 0.3) is 0 Å². The zero-order valence-electron chi connectivity index (χ0n) is 12.3. The Morgan fingerprint density at radius 2 is 2.05 bits per heavy atom. The molecule has 1 aliphatic rings. The highest BCUT2D eigenvalue weighted by molar-refractivity contribution is 7.99. The second-order valence-corrected chi connectivity index (χ2v) is 6.64. The quantitative estimate of drug-likeness (QED) is 0.674. The number of aliphatic hydroxyl groups is 2. The molecule has 0 radical (unpaired) electrons. The van der Waals surface area contributed by atoms with E-state index in [1.54, 1.807) is 11.8 Å². The summed E-state index contributed by atoms with van der Waals surface area (Å²) in [5.74, 6) is 1.00. The molecule has 1 aromatic carbocycles. The second-order valence-electron chi connectivity index (χ2n) is 5.47. The van der Waals surface area contributed by atoms with Crippen LogP contribution in [0.1, 0.15) is 36.5 Å². The Labute approximate surface area is 129 Å². The van der Waals surface area contributed by atoms with Gasteiger partial charge in [-0.05, 0) is 49.4 Å². The number of carbonyl (C=O) groups excluding carboxylic acids is 1. The van der Waals surface area contributed by atoms with Crippen molar-refractivity contribution in [1.82, 2.24) is 5.32 Å². The zero-order valence-corrected chi connectivity index (χ0v) is 13.1. The van der Waals surface area contributed by atoms with Gasteiger partial charge in [-0.3, -0.25) is 4.79 Å². The minimum absolute atomic E-state index is 0.0538. The minimum atomic E-state index is -0.191. The van der Waals surface area contributed by atoms with Crippen molar-refractivity contribution in [1.29, 1.82) is 0 Å². The second kappa shape index (κ2) is 7.82. The molecular formula is C16H23NO3S. The summed E-state index contributed by atoms with van der Waals surface area (Å²) in [6, 6.07) is 7.59. The number of hydrogen-bond acceptors (Lipinski definition) is 4. The van der Waals surface area contributed by atoms with E-state index in [1.165, 1.54) is 0 Å². The molecule has 2 rings (SSSR count). The van der Waals surface area contributed by atoms with E-state index in [0.717, 1.165) is 24.2 Å². The van der Waals surface area contributed by atoms with E-state index >= 15 is 0 Å². The van der Waals surface area contributed by atoms with Gasteiger partial charge in [0.2, 0.25) is 0 Å². The molecular weight excluding hydrogens is 286 g/mol. The number of amides is 1. The fourth-order valence-electron chi connectivity index (χ4n) is 2.63. The molecule has 1 aromatic rings. The number of rotatable bonds is 7. The molecule has 0 spiro atoms. The predicted molar refractivity (Wildman–Crippen MR) is 84.5 cm³/mol. The molecule has 5 heteroatoms. The Morgan fingerprint density at radius 3 is 2.57 bits per heavy atom. The van der Waals surface area contributed by atoms with Gasteiger partial charge in [0.1, 0.15) is 0 Å². The Morgan fingerprint density at radius 1 is 1.38 bits per heavy atom. The molecule has 4 nitrogen and oxygen atoms in total. The smallest absolute Gasteiger partial charge is 0.251 e. The maximum atomic E-state index is 12.2. The molecule has 21 heavy (non-hydrogen) atoms. The van der Waals surface area contributed by atoms with Crippen molar-refractivity contribution in [3.63, 3.8) is 0 Å². The molecule has 0 aromatic heterocycles.